The first kappa shape index (κ1) is 31.2. The number of carbonyl (C=O) groups is 3. The van der Waals surface area contributed by atoms with E-state index < -0.39 is 40.2 Å². The number of hydrogen-bond donors (Lipinski definition) is 4. The molecule has 2 aromatic rings. The van der Waals surface area contributed by atoms with Crippen molar-refractivity contribution in [2.45, 2.75) is 45.3 Å². The van der Waals surface area contributed by atoms with Crippen molar-refractivity contribution in [3.63, 3.8) is 0 Å². The fraction of sp³-hybridized carbons (Fsp3) is 0.457. The maximum Gasteiger partial charge on any atom is 0.193 e. The summed E-state index contributed by atoms with van der Waals surface area (Å²) in [4.78, 5) is 43.8. The average molecular weight is 617 g/mol. The number of fused-ring (bicyclic) bond motifs is 3. The van der Waals surface area contributed by atoms with Crippen molar-refractivity contribution >= 4 is 17.3 Å². The number of Topliss-reactive ketones (excluding diaryl/α,β-unsaturated/α-hetero) is 3. The minimum atomic E-state index is -2.00. The Morgan fingerprint density at radius 3 is 2.42 bits per heavy atom. The predicted molar refractivity (Wildman–Crippen MR) is 166 cm³/mol. The van der Waals surface area contributed by atoms with Gasteiger partial charge in [-0.3, -0.25) is 24.2 Å². The van der Waals surface area contributed by atoms with Gasteiger partial charge in [0.1, 0.15) is 28.4 Å². The smallest absolute Gasteiger partial charge is 0.193 e. The Hall–Kier alpha value is -3.83. The molecule has 1 fully saturated rings. The summed E-state index contributed by atoms with van der Waals surface area (Å²) >= 11 is 0. The first-order valence-electron chi connectivity index (χ1n) is 15.5. The molecule has 1 heterocycles. The molecule has 0 amide bonds. The number of piperazine rings is 1. The first-order valence-corrected chi connectivity index (χ1v) is 15.5. The third kappa shape index (κ3) is 5.10. The summed E-state index contributed by atoms with van der Waals surface area (Å²) in [5.74, 6) is -2.69. The molecule has 0 aromatic heterocycles. The third-order valence-electron chi connectivity index (χ3n) is 10.3. The summed E-state index contributed by atoms with van der Waals surface area (Å²) in [6.07, 6.45) is 0.553. The van der Waals surface area contributed by atoms with E-state index in [1.807, 2.05) is 18.2 Å². The van der Waals surface area contributed by atoms with E-state index in [1.54, 1.807) is 14.0 Å². The Labute approximate surface area is 262 Å². The molecule has 4 aliphatic rings. The fourth-order valence-electron chi connectivity index (χ4n) is 7.98. The van der Waals surface area contributed by atoms with Gasteiger partial charge in [-0.25, -0.2) is 0 Å². The van der Waals surface area contributed by atoms with Gasteiger partial charge in [0.15, 0.2) is 17.3 Å². The minimum absolute atomic E-state index is 0.110. The lowest BCUT2D eigenvalue weighted by Gasteiger charge is -2.48. The van der Waals surface area contributed by atoms with Gasteiger partial charge in [0.25, 0.3) is 0 Å². The number of benzene rings is 2. The van der Waals surface area contributed by atoms with Crippen LogP contribution in [0.2, 0.25) is 0 Å². The molecule has 6 rings (SSSR count). The lowest BCUT2D eigenvalue weighted by Crippen LogP contribution is -2.52. The highest BCUT2D eigenvalue weighted by Gasteiger charge is 2.56. The monoisotopic (exact) mass is 616 g/mol. The molecule has 1 aliphatic heterocycles. The van der Waals surface area contributed by atoms with Crippen LogP contribution < -0.4 is 4.74 Å². The number of β-amino-alcohol motifs (C(OH)–C–C–N with tert-alkyl or cyclic N) is 1. The molecular formula is C35H40N2O8. The zero-order valence-electron chi connectivity index (χ0n) is 25.9. The largest absolute Gasteiger partial charge is 0.508 e. The quantitative estimate of drug-likeness (QED) is 0.342. The Morgan fingerprint density at radius 1 is 1.04 bits per heavy atom. The molecule has 45 heavy (non-hydrogen) atoms. The first-order chi connectivity index (χ1) is 21.5. The number of rotatable bonds is 7. The summed E-state index contributed by atoms with van der Waals surface area (Å²) in [7, 11) is 1.64. The summed E-state index contributed by atoms with van der Waals surface area (Å²) in [5, 5.41) is 43.1. The molecule has 10 nitrogen and oxygen atoms in total. The van der Waals surface area contributed by atoms with Crippen LogP contribution >= 0.6 is 0 Å². The van der Waals surface area contributed by atoms with Crippen molar-refractivity contribution in [3.8, 4) is 22.6 Å². The van der Waals surface area contributed by atoms with E-state index in [1.165, 1.54) is 13.0 Å². The second-order valence-electron chi connectivity index (χ2n) is 12.7. The van der Waals surface area contributed by atoms with Crippen molar-refractivity contribution in [1.82, 2.24) is 9.80 Å². The van der Waals surface area contributed by atoms with Crippen molar-refractivity contribution in [2.24, 2.45) is 11.8 Å². The summed E-state index contributed by atoms with van der Waals surface area (Å²) in [6.45, 7) is 7.70. The Morgan fingerprint density at radius 2 is 1.76 bits per heavy atom. The number of ketones is 3. The summed E-state index contributed by atoms with van der Waals surface area (Å²) in [5.41, 5.74) is 1.67. The zero-order chi connectivity index (χ0) is 32.2. The van der Waals surface area contributed by atoms with Gasteiger partial charge in [-0.2, -0.15) is 0 Å². The van der Waals surface area contributed by atoms with Gasteiger partial charge in [-0.15, -0.1) is 0 Å². The molecule has 1 saturated heterocycles. The fourth-order valence-corrected chi connectivity index (χ4v) is 7.98. The maximum atomic E-state index is 14.2. The molecule has 0 saturated carbocycles. The molecular weight excluding hydrogens is 576 g/mol. The second-order valence-corrected chi connectivity index (χ2v) is 12.7. The lowest BCUT2D eigenvalue weighted by atomic mass is 9.58. The van der Waals surface area contributed by atoms with E-state index in [4.69, 9.17) is 4.74 Å². The van der Waals surface area contributed by atoms with Crippen LogP contribution in [-0.4, -0.2) is 99.6 Å². The van der Waals surface area contributed by atoms with Crippen molar-refractivity contribution in [2.75, 3.05) is 46.4 Å². The highest BCUT2D eigenvalue weighted by atomic mass is 16.5. The van der Waals surface area contributed by atoms with E-state index in [-0.39, 0.29) is 42.3 Å². The Bertz CT molecular complexity index is 1650. The van der Waals surface area contributed by atoms with Crippen LogP contribution in [0.25, 0.3) is 11.1 Å². The number of phenolic OH excluding ortho intramolecular Hbond substituents is 1. The number of aromatic hydroxyl groups is 1. The molecule has 0 radical (unpaired) electrons. The molecule has 0 spiro atoms. The van der Waals surface area contributed by atoms with Gasteiger partial charge >= 0.3 is 0 Å². The van der Waals surface area contributed by atoms with Gasteiger partial charge in [0.05, 0.1) is 19.3 Å². The van der Waals surface area contributed by atoms with Gasteiger partial charge in [-0.1, -0.05) is 12.1 Å². The van der Waals surface area contributed by atoms with Crippen LogP contribution in [0.5, 0.6) is 11.5 Å². The number of hydrogen-bond acceptors (Lipinski definition) is 10. The van der Waals surface area contributed by atoms with Crippen molar-refractivity contribution < 1.29 is 39.5 Å². The summed E-state index contributed by atoms with van der Waals surface area (Å²) < 4.78 is 5.70. The normalized spacial score (nSPS) is 25.6. The van der Waals surface area contributed by atoms with Crippen molar-refractivity contribution in [3.05, 3.63) is 69.5 Å². The van der Waals surface area contributed by atoms with Crippen LogP contribution in [0.3, 0.4) is 0 Å². The van der Waals surface area contributed by atoms with Crippen LogP contribution in [-0.2, 0) is 22.6 Å². The maximum absolute atomic E-state index is 14.2. The number of allylic oxidation sites excluding steroid dienone is 2. The zero-order valence-corrected chi connectivity index (χ0v) is 25.9. The topological polar surface area (TPSA) is 148 Å². The second kappa shape index (κ2) is 11.8. The van der Waals surface area contributed by atoms with Crippen LogP contribution in [0.15, 0.2) is 52.8 Å². The van der Waals surface area contributed by atoms with E-state index in [2.05, 4.69) is 15.9 Å². The lowest BCUT2D eigenvalue weighted by molar-refractivity contribution is -0.126. The van der Waals surface area contributed by atoms with E-state index in [0.29, 0.717) is 30.6 Å². The Balaban J connectivity index is 1.38. The van der Waals surface area contributed by atoms with Gasteiger partial charge < -0.3 is 25.2 Å². The molecule has 4 N–H and O–H groups in total. The standard InChI is InChI=1S/C35H40N2O8/c1-19-30-22(15-24-17-28(41)31(20(2)39)34(43)35(19,24)44)16-26-25(5-6-27(40)32(26)33(30)42)21-4-7-29(45-3)23(14-21)18-37-10-8-36(9-11-37)12-13-38/h4-7,14,22,24,38,40,43-44H,8-13,15-18H2,1-3H3/t22-,24+,35-/m0/s1. The molecule has 3 aliphatic carbocycles. The van der Waals surface area contributed by atoms with Gasteiger partial charge in [0, 0.05) is 62.7 Å². The van der Waals surface area contributed by atoms with E-state index in [0.717, 1.165) is 48.6 Å². The molecule has 0 unspecified atom stereocenters. The minimum Gasteiger partial charge on any atom is -0.508 e. The number of phenols is 1. The molecule has 0 bridgehead atoms. The number of aliphatic hydroxyl groups is 3. The van der Waals surface area contributed by atoms with Gasteiger partial charge in [0.2, 0.25) is 0 Å². The van der Waals surface area contributed by atoms with Gasteiger partial charge in [-0.05, 0) is 73.1 Å². The molecule has 2 aromatic carbocycles. The number of nitrogens with zero attached hydrogens (tertiary/aromatic N) is 2. The average Bonchev–Trinajstić information content (AvgIpc) is 3.00. The van der Waals surface area contributed by atoms with Crippen LogP contribution in [0, 0.1) is 11.8 Å². The highest BCUT2D eigenvalue weighted by Crippen LogP contribution is 2.53. The molecule has 238 valence electrons. The van der Waals surface area contributed by atoms with Crippen molar-refractivity contribution in [1.29, 1.82) is 0 Å². The summed E-state index contributed by atoms with van der Waals surface area (Å²) in [6, 6.07) is 9.26. The molecule has 10 heteroatoms. The van der Waals surface area contributed by atoms with Crippen LogP contribution in [0.4, 0.5) is 0 Å². The Kier molecular flexibility index (Phi) is 8.19. The number of ether oxygens (including phenoxy) is 1. The number of methoxy groups -OCH3 is 1. The SMILES string of the molecule is COc1ccc(-c2ccc(O)c3c2C[C@@H]2C[C@@H]4CC(=O)C(C(C)=O)=C(O)[C@]4(O)C(C)=C2C3=O)cc1CN1CCN(CCO)CC1. The predicted octanol–water partition coefficient (Wildman–Crippen LogP) is 2.97. The van der Waals surface area contributed by atoms with E-state index in [9.17, 15) is 34.8 Å². The third-order valence-corrected chi connectivity index (χ3v) is 10.3. The highest BCUT2D eigenvalue weighted by molar-refractivity contribution is 6.21. The van der Waals surface area contributed by atoms with E-state index >= 15 is 0 Å². The number of aliphatic hydroxyl groups excluding tert-OH is 2. The molecule has 3 atom stereocenters. The number of carbonyl (C=O) groups excluding carboxylic acids is 3. The van der Waals surface area contributed by atoms with Crippen LogP contribution in [0.1, 0.15) is 48.2 Å².